The third-order valence-electron chi connectivity index (χ3n) is 3.85. The third kappa shape index (κ3) is 5.04. The Bertz CT molecular complexity index is 434. The third-order valence-corrected chi connectivity index (χ3v) is 4.87. The van der Waals surface area contributed by atoms with Crippen LogP contribution in [0.25, 0.3) is 0 Å². The van der Waals surface area contributed by atoms with Crippen LogP contribution < -0.4 is 4.74 Å². The second-order valence-corrected chi connectivity index (χ2v) is 7.45. The van der Waals surface area contributed by atoms with E-state index < -0.39 is 0 Å². The summed E-state index contributed by atoms with van der Waals surface area (Å²) in [4.78, 5) is 6.34. The fourth-order valence-corrected chi connectivity index (χ4v) is 3.41. The number of ether oxygens (including phenoxy) is 1. The summed E-state index contributed by atoms with van der Waals surface area (Å²) in [5, 5.41) is 0.495. The molecule has 0 atom stereocenters. The van der Waals surface area contributed by atoms with Gasteiger partial charge in [-0.1, -0.05) is 11.6 Å². The van der Waals surface area contributed by atoms with Crippen LogP contribution in [0.5, 0.6) is 5.75 Å². The van der Waals surface area contributed by atoms with Crippen LogP contribution >= 0.6 is 34.2 Å². The van der Waals surface area contributed by atoms with Gasteiger partial charge in [0.2, 0.25) is 0 Å². The molecular formula is C15H22ClIN2O. The Labute approximate surface area is 140 Å². The average molecular weight is 409 g/mol. The van der Waals surface area contributed by atoms with Crippen LogP contribution in [0.4, 0.5) is 0 Å². The minimum absolute atomic E-state index is 0.495. The number of halogens is 2. The second kappa shape index (κ2) is 7.80. The number of nitrogens with zero attached hydrogens (tertiary/aromatic N) is 2. The van der Waals surface area contributed by atoms with E-state index in [0.717, 1.165) is 21.8 Å². The van der Waals surface area contributed by atoms with E-state index in [1.54, 1.807) is 12.3 Å². The molecule has 0 radical (unpaired) electrons. The Morgan fingerprint density at radius 1 is 1.30 bits per heavy atom. The molecule has 0 unspecified atom stereocenters. The Balaban J connectivity index is 1.77. The molecule has 1 fully saturated rings. The molecule has 1 saturated carbocycles. The topological polar surface area (TPSA) is 25.4 Å². The molecule has 0 N–H and O–H groups in total. The van der Waals surface area contributed by atoms with Crippen molar-refractivity contribution in [3.63, 3.8) is 0 Å². The lowest BCUT2D eigenvalue weighted by molar-refractivity contribution is 0.166. The molecule has 1 aliphatic carbocycles. The van der Waals surface area contributed by atoms with Gasteiger partial charge in [0.05, 0.1) is 10.2 Å². The standard InChI is InChI=1S/C15H22ClIN2O/c1-19(2)9-11-3-5-12(6-4-11)10-20-14-7-15(16)18-8-13(14)17/h7-8,11-12H,3-6,9-10H2,1-2H3. The van der Waals surface area contributed by atoms with Crippen LogP contribution in [0.15, 0.2) is 12.3 Å². The molecule has 0 aliphatic heterocycles. The fraction of sp³-hybridized carbons (Fsp3) is 0.667. The van der Waals surface area contributed by atoms with Crippen molar-refractivity contribution in [2.45, 2.75) is 25.7 Å². The Morgan fingerprint density at radius 3 is 2.60 bits per heavy atom. The molecule has 3 nitrogen and oxygen atoms in total. The summed E-state index contributed by atoms with van der Waals surface area (Å²) in [5.41, 5.74) is 0. The molecule has 0 saturated heterocycles. The first-order valence-electron chi connectivity index (χ1n) is 7.13. The predicted octanol–water partition coefficient (Wildman–Crippen LogP) is 4.09. The first-order chi connectivity index (χ1) is 9.54. The van der Waals surface area contributed by atoms with Gasteiger partial charge in [0.15, 0.2) is 0 Å². The number of rotatable bonds is 5. The lowest BCUT2D eigenvalue weighted by Gasteiger charge is -2.30. The molecule has 1 aromatic heterocycles. The Hall–Kier alpha value is -0.0700. The summed E-state index contributed by atoms with van der Waals surface area (Å²) in [6.45, 7) is 2.01. The maximum atomic E-state index is 5.93. The van der Waals surface area contributed by atoms with Gasteiger partial charge in [0, 0.05) is 18.8 Å². The first kappa shape index (κ1) is 16.3. The highest BCUT2D eigenvalue weighted by atomic mass is 127. The molecule has 5 heteroatoms. The highest BCUT2D eigenvalue weighted by molar-refractivity contribution is 14.1. The Morgan fingerprint density at radius 2 is 1.95 bits per heavy atom. The van der Waals surface area contributed by atoms with E-state index in [0.29, 0.717) is 11.1 Å². The highest BCUT2D eigenvalue weighted by Gasteiger charge is 2.22. The number of pyridine rings is 1. The van der Waals surface area contributed by atoms with Crippen LogP contribution in [0.2, 0.25) is 5.15 Å². The van der Waals surface area contributed by atoms with Gasteiger partial charge in [-0.25, -0.2) is 4.98 Å². The van der Waals surface area contributed by atoms with Gasteiger partial charge in [0.25, 0.3) is 0 Å². The number of hydrogen-bond donors (Lipinski definition) is 0. The minimum atomic E-state index is 0.495. The van der Waals surface area contributed by atoms with Gasteiger partial charge in [-0.3, -0.25) is 0 Å². The van der Waals surface area contributed by atoms with Crippen LogP contribution in [0, 0.1) is 15.4 Å². The molecule has 20 heavy (non-hydrogen) atoms. The molecule has 112 valence electrons. The van der Waals surface area contributed by atoms with Crippen LogP contribution in [0.1, 0.15) is 25.7 Å². The summed E-state index contributed by atoms with van der Waals surface area (Å²) in [7, 11) is 4.31. The Kier molecular flexibility index (Phi) is 6.36. The van der Waals surface area contributed by atoms with E-state index in [2.05, 4.69) is 46.6 Å². The van der Waals surface area contributed by atoms with E-state index >= 15 is 0 Å². The molecule has 0 aromatic carbocycles. The van der Waals surface area contributed by atoms with E-state index in [1.807, 2.05) is 0 Å². The molecule has 1 aromatic rings. The fourth-order valence-electron chi connectivity index (χ4n) is 2.81. The highest BCUT2D eigenvalue weighted by Crippen LogP contribution is 2.30. The van der Waals surface area contributed by atoms with Crippen molar-refractivity contribution in [3.8, 4) is 5.75 Å². The van der Waals surface area contributed by atoms with Crippen molar-refractivity contribution in [3.05, 3.63) is 21.0 Å². The normalized spacial score (nSPS) is 23.1. The molecule has 1 aliphatic rings. The summed E-state index contributed by atoms with van der Waals surface area (Å²) in [6.07, 6.45) is 6.94. The van der Waals surface area contributed by atoms with E-state index in [9.17, 15) is 0 Å². The van der Waals surface area contributed by atoms with Crippen molar-refractivity contribution in [2.75, 3.05) is 27.2 Å². The zero-order chi connectivity index (χ0) is 14.5. The largest absolute Gasteiger partial charge is 0.492 e. The van der Waals surface area contributed by atoms with Crippen LogP contribution in [-0.4, -0.2) is 37.1 Å². The monoisotopic (exact) mass is 408 g/mol. The summed E-state index contributed by atoms with van der Waals surface area (Å²) >= 11 is 8.14. The molecule has 1 heterocycles. The van der Waals surface area contributed by atoms with Crippen molar-refractivity contribution >= 4 is 34.2 Å². The average Bonchev–Trinajstić information content (AvgIpc) is 2.41. The summed E-state index contributed by atoms with van der Waals surface area (Å²) in [5.74, 6) is 2.40. The number of hydrogen-bond acceptors (Lipinski definition) is 3. The van der Waals surface area contributed by atoms with Gasteiger partial charge in [-0.05, 0) is 74.2 Å². The zero-order valence-corrected chi connectivity index (χ0v) is 15.0. The quantitative estimate of drug-likeness (QED) is 0.542. The maximum Gasteiger partial charge on any atom is 0.137 e. The lowest BCUT2D eigenvalue weighted by atomic mass is 9.82. The first-order valence-corrected chi connectivity index (χ1v) is 8.59. The SMILES string of the molecule is CN(C)CC1CCC(COc2cc(Cl)ncc2I)CC1. The molecule has 0 amide bonds. The molecule has 0 bridgehead atoms. The zero-order valence-electron chi connectivity index (χ0n) is 12.1. The lowest BCUT2D eigenvalue weighted by Crippen LogP contribution is -2.27. The van der Waals surface area contributed by atoms with Gasteiger partial charge in [-0.15, -0.1) is 0 Å². The van der Waals surface area contributed by atoms with E-state index in [-0.39, 0.29) is 0 Å². The van der Waals surface area contributed by atoms with Crippen molar-refractivity contribution in [1.29, 1.82) is 0 Å². The smallest absolute Gasteiger partial charge is 0.137 e. The van der Waals surface area contributed by atoms with E-state index in [1.165, 1.54) is 32.2 Å². The van der Waals surface area contributed by atoms with Crippen molar-refractivity contribution in [2.24, 2.45) is 11.8 Å². The summed E-state index contributed by atoms with van der Waals surface area (Å²) < 4.78 is 6.95. The molecule has 2 rings (SSSR count). The maximum absolute atomic E-state index is 5.93. The van der Waals surface area contributed by atoms with Crippen molar-refractivity contribution in [1.82, 2.24) is 9.88 Å². The number of aromatic nitrogens is 1. The second-order valence-electron chi connectivity index (χ2n) is 5.90. The van der Waals surface area contributed by atoms with Crippen LogP contribution in [0.3, 0.4) is 0 Å². The van der Waals surface area contributed by atoms with Crippen molar-refractivity contribution < 1.29 is 4.74 Å². The van der Waals surface area contributed by atoms with Gasteiger partial charge in [0.1, 0.15) is 10.9 Å². The van der Waals surface area contributed by atoms with Gasteiger partial charge >= 0.3 is 0 Å². The van der Waals surface area contributed by atoms with Gasteiger partial charge in [-0.2, -0.15) is 0 Å². The molecular weight excluding hydrogens is 387 g/mol. The predicted molar refractivity (Wildman–Crippen MR) is 91.5 cm³/mol. The minimum Gasteiger partial charge on any atom is -0.492 e. The summed E-state index contributed by atoms with van der Waals surface area (Å²) in [6, 6.07) is 1.81. The van der Waals surface area contributed by atoms with Crippen LogP contribution in [-0.2, 0) is 0 Å². The molecule has 0 spiro atoms. The van der Waals surface area contributed by atoms with E-state index in [4.69, 9.17) is 16.3 Å². The van der Waals surface area contributed by atoms with Gasteiger partial charge < -0.3 is 9.64 Å².